The molecule has 3 heteroatoms. The zero-order valence-electron chi connectivity index (χ0n) is 12.7. The van der Waals surface area contributed by atoms with Crippen molar-refractivity contribution in [2.75, 3.05) is 14.2 Å². The van der Waals surface area contributed by atoms with Gasteiger partial charge in [-0.1, -0.05) is 20.3 Å². The van der Waals surface area contributed by atoms with E-state index in [0.29, 0.717) is 12.3 Å². The fourth-order valence-electron chi connectivity index (χ4n) is 2.33. The van der Waals surface area contributed by atoms with Crippen molar-refractivity contribution in [2.24, 2.45) is 5.92 Å². The molecule has 1 rings (SSSR count). The molecule has 0 amide bonds. The van der Waals surface area contributed by atoms with Gasteiger partial charge in [0, 0.05) is 6.07 Å². The summed E-state index contributed by atoms with van der Waals surface area (Å²) in [4.78, 5) is 0. The molecule has 0 heterocycles. The fraction of sp³-hybridized carbons (Fsp3) is 0.625. The van der Waals surface area contributed by atoms with Crippen molar-refractivity contribution in [3.8, 4) is 11.5 Å². The highest BCUT2D eigenvalue weighted by molar-refractivity contribution is 5.46. The first-order chi connectivity index (χ1) is 9.03. The normalized spacial score (nSPS) is 14.0. The third-order valence-electron chi connectivity index (χ3n) is 3.73. The summed E-state index contributed by atoms with van der Waals surface area (Å²) in [5.41, 5.74) is 2.16. The van der Waals surface area contributed by atoms with Crippen LogP contribution in [0.15, 0.2) is 12.1 Å². The number of ether oxygens (including phenoxy) is 2. The third kappa shape index (κ3) is 4.13. The molecular formula is C16H26O3. The molecule has 0 fully saturated rings. The van der Waals surface area contributed by atoms with E-state index in [9.17, 15) is 5.11 Å². The van der Waals surface area contributed by atoms with Crippen molar-refractivity contribution in [1.29, 1.82) is 0 Å². The number of hydrogen-bond acceptors (Lipinski definition) is 3. The Labute approximate surface area is 116 Å². The summed E-state index contributed by atoms with van der Waals surface area (Å²) < 4.78 is 10.6. The maximum atomic E-state index is 10.3. The first-order valence-electron chi connectivity index (χ1n) is 6.93. The molecular weight excluding hydrogens is 240 g/mol. The smallest absolute Gasteiger partial charge is 0.125 e. The summed E-state index contributed by atoms with van der Waals surface area (Å²) in [6.45, 7) is 6.26. The third-order valence-corrected chi connectivity index (χ3v) is 3.73. The van der Waals surface area contributed by atoms with E-state index in [2.05, 4.69) is 13.8 Å². The lowest BCUT2D eigenvalue weighted by Crippen LogP contribution is -2.20. The first-order valence-corrected chi connectivity index (χ1v) is 6.93. The molecule has 19 heavy (non-hydrogen) atoms. The van der Waals surface area contributed by atoms with Crippen LogP contribution in [0.25, 0.3) is 0 Å². The Kier molecular flexibility index (Phi) is 6.16. The average molecular weight is 266 g/mol. The van der Waals surface area contributed by atoms with E-state index in [4.69, 9.17) is 9.47 Å². The van der Waals surface area contributed by atoms with Gasteiger partial charge in [0.2, 0.25) is 0 Å². The van der Waals surface area contributed by atoms with Crippen LogP contribution < -0.4 is 9.47 Å². The highest BCUT2D eigenvalue weighted by atomic mass is 16.5. The van der Waals surface area contributed by atoms with Crippen LogP contribution in [0.2, 0.25) is 0 Å². The maximum Gasteiger partial charge on any atom is 0.125 e. The Morgan fingerprint density at radius 2 is 1.89 bits per heavy atom. The minimum atomic E-state index is -0.324. The SMILES string of the molecule is CCC[C@H](C)[C@H](O)Cc1cc(OC)cc(OC)c1C. The largest absolute Gasteiger partial charge is 0.497 e. The molecule has 0 unspecified atom stereocenters. The number of rotatable bonds is 7. The van der Waals surface area contributed by atoms with Gasteiger partial charge in [0.15, 0.2) is 0 Å². The lowest BCUT2D eigenvalue weighted by Gasteiger charge is -2.20. The van der Waals surface area contributed by atoms with Crippen molar-refractivity contribution >= 4 is 0 Å². The highest BCUT2D eigenvalue weighted by Gasteiger charge is 2.17. The summed E-state index contributed by atoms with van der Waals surface area (Å²) >= 11 is 0. The van der Waals surface area contributed by atoms with Gasteiger partial charge in [-0.05, 0) is 42.9 Å². The number of benzene rings is 1. The van der Waals surface area contributed by atoms with Crippen LogP contribution in [0.1, 0.15) is 37.8 Å². The van der Waals surface area contributed by atoms with E-state index in [1.54, 1.807) is 14.2 Å². The Balaban J connectivity index is 2.93. The predicted molar refractivity (Wildman–Crippen MR) is 78.1 cm³/mol. The van der Waals surface area contributed by atoms with Crippen molar-refractivity contribution < 1.29 is 14.6 Å². The molecule has 0 aliphatic rings. The molecule has 0 bridgehead atoms. The van der Waals surface area contributed by atoms with Gasteiger partial charge >= 0.3 is 0 Å². The fourth-order valence-corrected chi connectivity index (χ4v) is 2.33. The Morgan fingerprint density at radius 1 is 1.21 bits per heavy atom. The van der Waals surface area contributed by atoms with E-state index in [0.717, 1.165) is 35.5 Å². The van der Waals surface area contributed by atoms with E-state index in [-0.39, 0.29) is 6.10 Å². The minimum Gasteiger partial charge on any atom is -0.497 e. The second-order valence-corrected chi connectivity index (χ2v) is 5.15. The van der Waals surface area contributed by atoms with Crippen molar-refractivity contribution in [3.05, 3.63) is 23.3 Å². The van der Waals surface area contributed by atoms with Crippen LogP contribution in [-0.4, -0.2) is 25.4 Å². The van der Waals surface area contributed by atoms with Crippen molar-refractivity contribution in [3.63, 3.8) is 0 Å². The molecule has 2 atom stereocenters. The van der Waals surface area contributed by atoms with E-state index < -0.39 is 0 Å². The monoisotopic (exact) mass is 266 g/mol. The topological polar surface area (TPSA) is 38.7 Å². The minimum absolute atomic E-state index is 0.307. The van der Waals surface area contributed by atoms with Crippen LogP contribution in [0.5, 0.6) is 11.5 Å². The zero-order valence-corrected chi connectivity index (χ0v) is 12.7. The summed E-state index contributed by atoms with van der Waals surface area (Å²) in [6.07, 6.45) is 2.45. The quantitative estimate of drug-likeness (QED) is 0.822. The molecule has 0 saturated heterocycles. The van der Waals surface area contributed by atoms with E-state index in [1.807, 2.05) is 19.1 Å². The molecule has 0 aliphatic carbocycles. The molecule has 0 spiro atoms. The molecule has 108 valence electrons. The second-order valence-electron chi connectivity index (χ2n) is 5.15. The zero-order chi connectivity index (χ0) is 14.4. The summed E-state index contributed by atoms with van der Waals surface area (Å²) in [7, 11) is 3.30. The van der Waals surface area contributed by atoms with Crippen LogP contribution in [0, 0.1) is 12.8 Å². The van der Waals surface area contributed by atoms with Gasteiger partial charge in [-0.15, -0.1) is 0 Å². The molecule has 0 radical (unpaired) electrons. The van der Waals surface area contributed by atoms with E-state index in [1.165, 1.54) is 0 Å². The number of aliphatic hydroxyl groups excluding tert-OH is 1. The second kappa shape index (κ2) is 7.39. The first kappa shape index (κ1) is 15.8. The van der Waals surface area contributed by atoms with Gasteiger partial charge in [0.25, 0.3) is 0 Å². The number of hydrogen-bond donors (Lipinski definition) is 1. The summed E-state index contributed by atoms with van der Waals surface area (Å²) in [5.74, 6) is 1.89. The molecule has 0 aromatic heterocycles. The predicted octanol–water partition coefficient (Wildman–Crippen LogP) is 3.35. The molecule has 0 aliphatic heterocycles. The van der Waals surface area contributed by atoms with Crippen LogP contribution in [0.4, 0.5) is 0 Å². The average Bonchev–Trinajstić information content (AvgIpc) is 2.41. The van der Waals surface area contributed by atoms with Crippen molar-refractivity contribution in [1.82, 2.24) is 0 Å². The lowest BCUT2D eigenvalue weighted by atomic mass is 9.92. The Hall–Kier alpha value is -1.22. The van der Waals surface area contributed by atoms with Gasteiger partial charge in [-0.25, -0.2) is 0 Å². The van der Waals surface area contributed by atoms with Crippen LogP contribution in [0.3, 0.4) is 0 Å². The molecule has 0 saturated carbocycles. The van der Waals surface area contributed by atoms with Gasteiger partial charge < -0.3 is 14.6 Å². The van der Waals surface area contributed by atoms with Crippen molar-refractivity contribution in [2.45, 2.75) is 46.1 Å². The Bertz CT molecular complexity index is 401. The lowest BCUT2D eigenvalue weighted by molar-refractivity contribution is 0.111. The standard InChI is InChI=1S/C16H26O3/c1-6-7-11(2)15(17)9-13-8-14(18-4)10-16(19-5)12(13)3/h8,10-11,15,17H,6-7,9H2,1-5H3/t11-,15+/m0/s1. The van der Waals surface area contributed by atoms with Gasteiger partial charge in [-0.2, -0.15) is 0 Å². The van der Waals surface area contributed by atoms with Gasteiger partial charge in [-0.3, -0.25) is 0 Å². The van der Waals surface area contributed by atoms with Gasteiger partial charge in [0.1, 0.15) is 11.5 Å². The highest BCUT2D eigenvalue weighted by Crippen LogP contribution is 2.29. The van der Waals surface area contributed by atoms with E-state index >= 15 is 0 Å². The number of methoxy groups -OCH3 is 2. The van der Waals surface area contributed by atoms with Gasteiger partial charge in [0.05, 0.1) is 20.3 Å². The molecule has 1 aromatic carbocycles. The molecule has 1 N–H and O–H groups in total. The number of aliphatic hydroxyl groups is 1. The molecule has 1 aromatic rings. The van der Waals surface area contributed by atoms with Crippen LogP contribution >= 0.6 is 0 Å². The Morgan fingerprint density at radius 3 is 2.42 bits per heavy atom. The summed E-state index contributed by atoms with van der Waals surface area (Å²) in [5, 5.41) is 10.3. The van der Waals surface area contributed by atoms with Crippen LogP contribution in [-0.2, 0) is 6.42 Å². The molecule has 3 nitrogen and oxygen atoms in total. The maximum absolute atomic E-state index is 10.3. The summed E-state index contributed by atoms with van der Waals surface area (Å²) in [6, 6.07) is 3.86.